The van der Waals surface area contributed by atoms with Gasteiger partial charge in [0.15, 0.2) is 0 Å². The van der Waals surface area contributed by atoms with Crippen molar-refractivity contribution in [2.75, 3.05) is 20.3 Å². The van der Waals surface area contributed by atoms with Crippen LogP contribution in [0.3, 0.4) is 0 Å². The van der Waals surface area contributed by atoms with Gasteiger partial charge in [-0.05, 0) is 24.1 Å². The minimum atomic E-state index is -0.972. The second-order valence-corrected chi connectivity index (χ2v) is 6.09. The highest BCUT2D eigenvalue weighted by atomic mass is 16.4. The van der Waals surface area contributed by atoms with Crippen LogP contribution in [0, 0.1) is 0 Å². The van der Waals surface area contributed by atoms with Crippen LogP contribution >= 0.6 is 0 Å². The molecule has 0 radical (unpaired) electrons. The highest BCUT2D eigenvalue weighted by molar-refractivity contribution is 5.87. The van der Waals surface area contributed by atoms with E-state index in [0.717, 1.165) is 6.67 Å². The Balaban J connectivity index is 0.000000243. The fourth-order valence-corrected chi connectivity index (χ4v) is 2.46. The van der Waals surface area contributed by atoms with Crippen molar-refractivity contribution in [2.45, 2.75) is 45.6 Å². The molecule has 0 spiro atoms. The molecule has 24 heavy (non-hydrogen) atoms. The fourth-order valence-electron chi connectivity index (χ4n) is 2.46. The molecule has 0 saturated heterocycles. The van der Waals surface area contributed by atoms with E-state index < -0.39 is 5.97 Å². The lowest BCUT2D eigenvalue weighted by atomic mass is 10.1. The first kappa shape index (κ1) is 20.0. The zero-order valence-electron chi connectivity index (χ0n) is 14.8. The van der Waals surface area contributed by atoms with Crippen LogP contribution in [-0.2, 0) is 6.61 Å². The van der Waals surface area contributed by atoms with Crippen LogP contribution in [0.4, 0.5) is 0 Å². The van der Waals surface area contributed by atoms with E-state index in [1.54, 1.807) is 12.1 Å². The number of nitrogens with zero attached hydrogens (tertiary/aromatic N) is 2. The van der Waals surface area contributed by atoms with E-state index in [1.165, 1.54) is 50.8 Å². The molecule has 0 aliphatic carbocycles. The van der Waals surface area contributed by atoms with Gasteiger partial charge in [-0.15, -0.1) is 0 Å². The summed E-state index contributed by atoms with van der Waals surface area (Å²) in [6.07, 6.45) is 11.2. The SMILES string of the molecule is CCCCCCCN1C=CN(C)C1.O=C(O)c1cccc(CO)c1. The molecule has 2 N–H and O–H groups in total. The maximum Gasteiger partial charge on any atom is 0.335 e. The van der Waals surface area contributed by atoms with Crippen molar-refractivity contribution in [2.24, 2.45) is 0 Å². The molecule has 0 fully saturated rings. The average molecular weight is 334 g/mol. The quantitative estimate of drug-likeness (QED) is 0.712. The maximum absolute atomic E-state index is 10.4. The van der Waals surface area contributed by atoms with Crippen molar-refractivity contribution in [3.63, 3.8) is 0 Å². The van der Waals surface area contributed by atoms with Gasteiger partial charge in [-0.2, -0.15) is 0 Å². The molecule has 0 amide bonds. The van der Waals surface area contributed by atoms with Gasteiger partial charge in [0.25, 0.3) is 0 Å². The van der Waals surface area contributed by atoms with Crippen LogP contribution in [0.1, 0.15) is 54.9 Å². The van der Waals surface area contributed by atoms with E-state index in [9.17, 15) is 4.79 Å². The first-order chi connectivity index (χ1) is 11.6. The zero-order valence-corrected chi connectivity index (χ0v) is 14.8. The normalized spacial score (nSPS) is 13.0. The second-order valence-electron chi connectivity index (χ2n) is 6.09. The molecule has 1 heterocycles. The average Bonchev–Trinajstić information content (AvgIpc) is 3.00. The lowest BCUT2D eigenvalue weighted by Crippen LogP contribution is -2.23. The number of aliphatic hydroxyl groups is 1. The number of hydrogen-bond acceptors (Lipinski definition) is 4. The van der Waals surface area contributed by atoms with Crippen LogP contribution in [-0.4, -0.2) is 46.2 Å². The summed E-state index contributed by atoms with van der Waals surface area (Å²) in [6.45, 7) is 4.44. The summed E-state index contributed by atoms with van der Waals surface area (Å²) in [4.78, 5) is 15.0. The number of carboxylic acids is 1. The van der Waals surface area contributed by atoms with Gasteiger partial charge in [0.2, 0.25) is 0 Å². The maximum atomic E-state index is 10.4. The highest BCUT2D eigenvalue weighted by Gasteiger charge is 2.06. The molecule has 2 rings (SSSR count). The Hall–Kier alpha value is -2.01. The summed E-state index contributed by atoms with van der Waals surface area (Å²) in [5, 5.41) is 17.2. The van der Waals surface area contributed by atoms with E-state index in [4.69, 9.17) is 10.2 Å². The summed E-state index contributed by atoms with van der Waals surface area (Å²) in [5.74, 6) is -0.972. The van der Waals surface area contributed by atoms with E-state index >= 15 is 0 Å². The summed E-state index contributed by atoms with van der Waals surface area (Å²) >= 11 is 0. The molecule has 0 saturated carbocycles. The Kier molecular flexibility index (Phi) is 9.61. The molecule has 5 nitrogen and oxygen atoms in total. The van der Waals surface area contributed by atoms with E-state index in [0.29, 0.717) is 5.56 Å². The Morgan fingerprint density at radius 2 is 1.92 bits per heavy atom. The van der Waals surface area contributed by atoms with Crippen LogP contribution in [0.15, 0.2) is 36.7 Å². The van der Waals surface area contributed by atoms with E-state index in [1.807, 2.05) is 0 Å². The fraction of sp³-hybridized carbons (Fsp3) is 0.526. The number of hydrogen-bond donors (Lipinski definition) is 2. The van der Waals surface area contributed by atoms with Crippen LogP contribution in [0.5, 0.6) is 0 Å². The van der Waals surface area contributed by atoms with E-state index in [2.05, 4.69) is 36.2 Å². The Bertz CT molecular complexity index is 517. The molecule has 1 aromatic carbocycles. The monoisotopic (exact) mass is 334 g/mol. The number of aromatic carboxylic acids is 1. The van der Waals surface area contributed by atoms with Gasteiger partial charge >= 0.3 is 5.97 Å². The molecule has 1 aromatic rings. The molecule has 0 unspecified atom stereocenters. The molecular formula is C19H30N2O3. The predicted molar refractivity (Wildman–Crippen MR) is 96.6 cm³/mol. The molecule has 0 aromatic heterocycles. The van der Waals surface area contributed by atoms with Gasteiger partial charge in [0.1, 0.15) is 0 Å². The molecular weight excluding hydrogens is 304 g/mol. The van der Waals surface area contributed by atoms with Crippen molar-refractivity contribution in [3.8, 4) is 0 Å². The predicted octanol–water partition coefficient (Wildman–Crippen LogP) is 3.51. The van der Waals surface area contributed by atoms with Gasteiger partial charge in [0.05, 0.1) is 18.8 Å². The summed E-state index contributed by atoms with van der Waals surface area (Å²) in [5.41, 5.74) is 0.821. The molecule has 0 atom stereocenters. The standard InChI is InChI=1S/C11H22N2.C8H8O3/c1-3-4-5-6-7-8-13-10-9-12(2)11-13;9-5-6-2-1-3-7(4-6)8(10)11/h9-10H,3-8,11H2,1-2H3;1-4,9H,5H2,(H,10,11). The van der Waals surface area contributed by atoms with Crippen LogP contribution < -0.4 is 0 Å². The van der Waals surface area contributed by atoms with Gasteiger partial charge in [0, 0.05) is 26.0 Å². The number of benzene rings is 1. The zero-order chi connectivity index (χ0) is 17.8. The minimum Gasteiger partial charge on any atom is -0.478 e. The lowest BCUT2D eigenvalue weighted by molar-refractivity contribution is 0.0696. The third kappa shape index (κ3) is 8.02. The van der Waals surface area contributed by atoms with Crippen LogP contribution in [0.25, 0.3) is 0 Å². The number of carbonyl (C=O) groups is 1. The molecule has 1 aliphatic rings. The van der Waals surface area contributed by atoms with Crippen molar-refractivity contribution >= 4 is 5.97 Å². The molecule has 0 bridgehead atoms. The molecule has 1 aliphatic heterocycles. The van der Waals surface area contributed by atoms with Gasteiger partial charge in [-0.25, -0.2) is 4.79 Å². The third-order valence-corrected chi connectivity index (χ3v) is 3.84. The van der Waals surface area contributed by atoms with Gasteiger partial charge in [-0.3, -0.25) is 0 Å². The number of carboxylic acid groups (broad SMARTS) is 1. The second kappa shape index (κ2) is 11.5. The Labute approximate surface area is 145 Å². The number of unbranched alkanes of at least 4 members (excludes halogenated alkanes) is 4. The van der Waals surface area contributed by atoms with Crippen molar-refractivity contribution in [3.05, 3.63) is 47.8 Å². The number of aliphatic hydroxyl groups excluding tert-OH is 1. The molecule has 134 valence electrons. The smallest absolute Gasteiger partial charge is 0.335 e. The topological polar surface area (TPSA) is 64.0 Å². The first-order valence-electron chi connectivity index (χ1n) is 8.62. The summed E-state index contributed by atoms with van der Waals surface area (Å²) in [6, 6.07) is 6.21. The van der Waals surface area contributed by atoms with Crippen molar-refractivity contribution in [1.29, 1.82) is 0 Å². The lowest BCUT2D eigenvalue weighted by Gasteiger charge is -2.17. The van der Waals surface area contributed by atoms with E-state index in [-0.39, 0.29) is 12.2 Å². The third-order valence-electron chi connectivity index (χ3n) is 3.84. The first-order valence-corrected chi connectivity index (χ1v) is 8.62. The summed E-state index contributed by atoms with van der Waals surface area (Å²) in [7, 11) is 2.12. The summed E-state index contributed by atoms with van der Waals surface area (Å²) < 4.78 is 0. The Morgan fingerprint density at radius 3 is 2.50 bits per heavy atom. The minimum absolute atomic E-state index is 0.124. The number of rotatable bonds is 8. The Morgan fingerprint density at radius 1 is 1.17 bits per heavy atom. The van der Waals surface area contributed by atoms with Crippen LogP contribution in [0.2, 0.25) is 0 Å². The largest absolute Gasteiger partial charge is 0.478 e. The van der Waals surface area contributed by atoms with Crippen molar-refractivity contribution < 1.29 is 15.0 Å². The highest BCUT2D eigenvalue weighted by Crippen LogP contribution is 2.08. The van der Waals surface area contributed by atoms with Gasteiger partial charge in [-0.1, -0.05) is 44.7 Å². The van der Waals surface area contributed by atoms with Gasteiger partial charge < -0.3 is 20.0 Å². The molecule has 5 heteroatoms. The van der Waals surface area contributed by atoms with Crippen molar-refractivity contribution in [1.82, 2.24) is 9.80 Å².